The largest absolute Gasteiger partial charge is 0.298 e. The molecule has 0 bridgehead atoms. The number of rotatable bonds is 5. The number of nitrogens with zero attached hydrogens (tertiary/aromatic N) is 3. The quantitative estimate of drug-likeness (QED) is 0.527. The Morgan fingerprint density at radius 3 is 2.83 bits per heavy atom. The summed E-state index contributed by atoms with van der Waals surface area (Å²) in [5, 5.41) is 18.0. The van der Waals surface area contributed by atoms with Crippen LogP contribution in [0.4, 0.5) is 10.8 Å². The third-order valence-corrected chi connectivity index (χ3v) is 5.68. The topological polar surface area (TPSA) is 98.0 Å². The highest BCUT2D eigenvalue weighted by atomic mass is 32.2. The van der Waals surface area contributed by atoms with E-state index >= 15 is 0 Å². The molecule has 0 radical (unpaired) electrons. The van der Waals surface area contributed by atoms with Gasteiger partial charge in [0.2, 0.25) is 0 Å². The number of carbonyl (C=O) groups is 1. The van der Waals surface area contributed by atoms with E-state index in [1.807, 2.05) is 12.3 Å². The first-order valence-corrected chi connectivity index (χ1v) is 9.20. The molecular weight excluding hydrogens is 368 g/mol. The predicted octanol–water partition coefficient (Wildman–Crippen LogP) is 4.22. The number of amides is 1. The Kier molecular flexibility index (Phi) is 4.88. The molecule has 10 heteroatoms. The van der Waals surface area contributed by atoms with Gasteiger partial charge in [-0.15, -0.1) is 22.7 Å². The van der Waals surface area contributed by atoms with E-state index in [2.05, 4.69) is 15.3 Å². The first-order chi connectivity index (χ1) is 11.5. The summed E-state index contributed by atoms with van der Waals surface area (Å²) >= 11 is 3.91. The fraction of sp³-hybridized carbons (Fsp3) is 0.0714. The Balaban J connectivity index is 1.86. The zero-order valence-electron chi connectivity index (χ0n) is 12.3. The van der Waals surface area contributed by atoms with Gasteiger partial charge in [-0.2, -0.15) is 0 Å². The molecule has 0 unspecified atom stereocenters. The fourth-order valence-electron chi connectivity index (χ4n) is 1.82. The second-order valence-electron chi connectivity index (χ2n) is 4.59. The SMILES string of the molecule is Cc1csc(Sc2ccc(C(=O)Nc3nccs3)cc2[N+](=O)[O-])n1. The third-order valence-electron chi connectivity index (χ3n) is 2.87. The van der Waals surface area contributed by atoms with Gasteiger partial charge in [0, 0.05) is 34.3 Å². The van der Waals surface area contributed by atoms with Gasteiger partial charge < -0.3 is 0 Å². The molecule has 2 heterocycles. The minimum atomic E-state index is -0.497. The van der Waals surface area contributed by atoms with Gasteiger partial charge in [-0.05, 0) is 19.1 Å². The van der Waals surface area contributed by atoms with Crippen LogP contribution in [0, 0.1) is 17.0 Å². The van der Waals surface area contributed by atoms with Crippen LogP contribution in [0.5, 0.6) is 0 Å². The van der Waals surface area contributed by atoms with Crippen molar-refractivity contribution in [1.82, 2.24) is 9.97 Å². The molecule has 0 spiro atoms. The summed E-state index contributed by atoms with van der Waals surface area (Å²) in [6.45, 7) is 1.86. The summed E-state index contributed by atoms with van der Waals surface area (Å²) in [5.74, 6) is -0.435. The Morgan fingerprint density at radius 2 is 2.21 bits per heavy atom. The second kappa shape index (κ2) is 7.07. The van der Waals surface area contributed by atoms with E-state index < -0.39 is 10.8 Å². The standard InChI is InChI=1S/C14H10N4O3S3/c1-8-7-23-14(16-8)24-11-3-2-9(6-10(11)18(20)21)12(19)17-13-15-4-5-22-13/h2-7H,1H3,(H,15,17,19). The third kappa shape index (κ3) is 3.78. The molecule has 3 rings (SSSR count). The number of hydrogen-bond acceptors (Lipinski definition) is 8. The van der Waals surface area contributed by atoms with Crippen LogP contribution in [0.2, 0.25) is 0 Å². The van der Waals surface area contributed by atoms with Crippen LogP contribution in [0.1, 0.15) is 16.1 Å². The van der Waals surface area contributed by atoms with Crippen molar-refractivity contribution in [2.45, 2.75) is 16.2 Å². The number of carbonyl (C=O) groups excluding carboxylic acids is 1. The molecule has 0 aliphatic rings. The number of aryl methyl sites for hydroxylation is 1. The van der Waals surface area contributed by atoms with Crippen molar-refractivity contribution >= 4 is 51.2 Å². The minimum Gasteiger partial charge on any atom is -0.298 e. The number of thiazole rings is 2. The number of anilines is 1. The van der Waals surface area contributed by atoms with Gasteiger partial charge in [0.15, 0.2) is 9.47 Å². The van der Waals surface area contributed by atoms with Gasteiger partial charge in [-0.1, -0.05) is 11.8 Å². The lowest BCUT2D eigenvalue weighted by Gasteiger charge is -2.05. The number of benzene rings is 1. The first kappa shape index (κ1) is 16.6. The lowest BCUT2D eigenvalue weighted by molar-refractivity contribution is -0.387. The van der Waals surface area contributed by atoms with E-state index in [1.54, 1.807) is 23.7 Å². The molecule has 1 aromatic carbocycles. The van der Waals surface area contributed by atoms with Gasteiger partial charge in [0.1, 0.15) is 0 Å². The second-order valence-corrected chi connectivity index (χ2v) is 7.63. The molecule has 122 valence electrons. The molecule has 0 aliphatic carbocycles. The number of nitrogens with one attached hydrogen (secondary N) is 1. The van der Waals surface area contributed by atoms with Crippen molar-refractivity contribution in [3.63, 3.8) is 0 Å². The van der Waals surface area contributed by atoms with Crippen LogP contribution in [0.15, 0.2) is 44.4 Å². The fourth-order valence-corrected chi connectivity index (χ4v) is 4.22. The van der Waals surface area contributed by atoms with Crippen molar-refractivity contribution in [3.05, 3.63) is 56.5 Å². The molecule has 0 saturated carbocycles. The lowest BCUT2D eigenvalue weighted by Crippen LogP contribution is -2.12. The van der Waals surface area contributed by atoms with E-state index in [1.165, 1.54) is 40.5 Å². The average Bonchev–Trinajstić information content (AvgIpc) is 3.19. The van der Waals surface area contributed by atoms with E-state index in [0.29, 0.717) is 10.0 Å². The maximum absolute atomic E-state index is 12.2. The normalized spacial score (nSPS) is 10.5. The van der Waals surface area contributed by atoms with E-state index in [-0.39, 0.29) is 11.3 Å². The summed E-state index contributed by atoms with van der Waals surface area (Å²) in [4.78, 5) is 31.7. The summed E-state index contributed by atoms with van der Waals surface area (Å²) < 4.78 is 0.718. The molecule has 2 aromatic heterocycles. The van der Waals surface area contributed by atoms with Crippen LogP contribution in [-0.2, 0) is 0 Å². The predicted molar refractivity (Wildman–Crippen MR) is 94.1 cm³/mol. The Morgan fingerprint density at radius 1 is 1.38 bits per heavy atom. The highest BCUT2D eigenvalue weighted by Gasteiger charge is 2.19. The number of hydrogen-bond donors (Lipinski definition) is 1. The zero-order valence-corrected chi connectivity index (χ0v) is 14.7. The van der Waals surface area contributed by atoms with Crippen LogP contribution in [-0.4, -0.2) is 20.8 Å². The molecule has 24 heavy (non-hydrogen) atoms. The van der Waals surface area contributed by atoms with Crippen molar-refractivity contribution in [2.75, 3.05) is 5.32 Å². The molecule has 0 aliphatic heterocycles. The maximum Gasteiger partial charge on any atom is 0.284 e. The maximum atomic E-state index is 12.2. The zero-order chi connectivity index (χ0) is 17.1. The number of nitro groups is 1. The van der Waals surface area contributed by atoms with Crippen LogP contribution in [0.3, 0.4) is 0 Å². The molecule has 1 amide bonds. The Bertz CT molecular complexity index is 893. The highest BCUT2D eigenvalue weighted by molar-refractivity contribution is 8.01. The molecular formula is C14H10N4O3S3. The number of aromatic nitrogens is 2. The van der Waals surface area contributed by atoms with Gasteiger partial charge in [0.25, 0.3) is 11.6 Å². The first-order valence-electron chi connectivity index (χ1n) is 6.62. The van der Waals surface area contributed by atoms with Crippen molar-refractivity contribution in [2.24, 2.45) is 0 Å². The van der Waals surface area contributed by atoms with Gasteiger partial charge in [-0.3, -0.25) is 20.2 Å². The molecule has 0 saturated heterocycles. The van der Waals surface area contributed by atoms with Gasteiger partial charge in [-0.25, -0.2) is 9.97 Å². The average molecular weight is 378 g/mol. The minimum absolute atomic E-state index is 0.125. The molecule has 3 aromatic rings. The summed E-state index contributed by atoms with van der Waals surface area (Å²) in [5.41, 5.74) is 0.945. The number of nitro benzene ring substituents is 1. The summed E-state index contributed by atoms with van der Waals surface area (Å²) in [6, 6.07) is 4.39. The molecule has 7 nitrogen and oxygen atoms in total. The van der Waals surface area contributed by atoms with Crippen molar-refractivity contribution in [1.29, 1.82) is 0 Å². The van der Waals surface area contributed by atoms with E-state index in [9.17, 15) is 14.9 Å². The smallest absolute Gasteiger partial charge is 0.284 e. The van der Waals surface area contributed by atoms with Crippen molar-refractivity contribution in [3.8, 4) is 0 Å². The van der Waals surface area contributed by atoms with Crippen LogP contribution < -0.4 is 5.32 Å². The molecule has 1 N–H and O–H groups in total. The summed E-state index contributed by atoms with van der Waals surface area (Å²) in [6.07, 6.45) is 1.57. The Hall–Kier alpha value is -2.30. The van der Waals surface area contributed by atoms with Crippen LogP contribution in [0.25, 0.3) is 0 Å². The molecule has 0 fully saturated rings. The highest BCUT2D eigenvalue weighted by Crippen LogP contribution is 2.36. The van der Waals surface area contributed by atoms with Crippen molar-refractivity contribution < 1.29 is 9.72 Å². The monoisotopic (exact) mass is 378 g/mol. The van der Waals surface area contributed by atoms with Gasteiger partial charge in [0.05, 0.1) is 9.82 Å². The Labute approximate surface area is 148 Å². The van der Waals surface area contributed by atoms with Crippen LogP contribution >= 0.6 is 34.4 Å². The summed E-state index contributed by atoms with van der Waals surface area (Å²) in [7, 11) is 0. The molecule has 0 atom stereocenters. The lowest BCUT2D eigenvalue weighted by atomic mass is 10.2. The van der Waals surface area contributed by atoms with E-state index in [0.717, 1.165) is 10.0 Å². The van der Waals surface area contributed by atoms with E-state index in [4.69, 9.17) is 0 Å². The van der Waals surface area contributed by atoms with Gasteiger partial charge >= 0.3 is 0 Å².